The number of hydrogen-bond acceptors (Lipinski definition) is 6. The van der Waals surface area contributed by atoms with Crippen LogP contribution >= 0.6 is 0 Å². The maximum Gasteiger partial charge on any atom is 0.255 e. The lowest BCUT2D eigenvalue weighted by molar-refractivity contribution is -0.133. The van der Waals surface area contributed by atoms with Crippen molar-refractivity contribution in [2.75, 3.05) is 26.8 Å². The molecule has 0 unspecified atom stereocenters. The van der Waals surface area contributed by atoms with Gasteiger partial charge in [-0.2, -0.15) is 0 Å². The van der Waals surface area contributed by atoms with Crippen LogP contribution in [0.3, 0.4) is 0 Å². The quantitative estimate of drug-likeness (QED) is 0.501. The summed E-state index contributed by atoms with van der Waals surface area (Å²) >= 11 is 0. The summed E-state index contributed by atoms with van der Waals surface area (Å²) in [7, 11) is 1.63. The van der Waals surface area contributed by atoms with E-state index in [4.69, 9.17) is 9.47 Å². The van der Waals surface area contributed by atoms with Gasteiger partial charge in [-0.1, -0.05) is 0 Å². The second kappa shape index (κ2) is 9.44. The molecule has 1 saturated heterocycles. The van der Waals surface area contributed by atoms with E-state index in [9.17, 15) is 9.59 Å². The van der Waals surface area contributed by atoms with Crippen molar-refractivity contribution in [3.8, 4) is 22.8 Å². The highest BCUT2D eigenvalue weighted by atomic mass is 16.5. The van der Waals surface area contributed by atoms with Gasteiger partial charge in [0.05, 0.1) is 24.8 Å². The van der Waals surface area contributed by atoms with Gasteiger partial charge in [0.1, 0.15) is 29.0 Å². The Hall–Kier alpha value is -3.62. The fourth-order valence-electron chi connectivity index (χ4n) is 4.85. The highest BCUT2D eigenvalue weighted by molar-refractivity contribution is 6.08. The van der Waals surface area contributed by atoms with Crippen LogP contribution < -0.4 is 14.8 Å². The molecule has 0 spiro atoms. The number of ether oxygens (including phenoxy) is 2. The Balaban J connectivity index is 1.20. The maximum absolute atomic E-state index is 13.2. The molecule has 1 aromatic carbocycles. The minimum atomic E-state index is -0.169. The molecule has 2 amide bonds. The van der Waals surface area contributed by atoms with Gasteiger partial charge in [0, 0.05) is 42.9 Å². The third-order valence-corrected chi connectivity index (χ3v) is 7.39. The highest BCUT2D eigenvalue weighted by Gasteiger charge is 2.35. The summed E-state index contributed by atoms with van der Waals surface area (Å²) in [6.45, 7) is 2.06. The molecule has 0 radical (unpaired) electrons. The number of amides is 2. The Morgan fingerprint density at radius 1 is 1.11 bits per heavy atom. The summed E-state index contributed by atoms with van der Waals surface area (Å²) in [5.41, 5.74) is 3.25. The zero-order chi connectivity index (χ0) is 24.6. The van der Waals surface area contributed by atoms with E-state index in [0.29, 0.717) is 59.4 Å². The largest absolute Gasteiger partial charge is 0.497 e. The van der Waals surface area contributed by atoms with E-state index in [1.807, 2.05) is 23.1 Å². The van der Waals surface area contributed by atoms with Crippen LogP contribution in [-0.2, 0) is 4.79 Å². The number of fused-ring (bicyclic) bond motifs is 1. The highest BCUT2D eigenvalue weighted by Crippen LogP contribution is 2.38. The van der Waals surface area contributed by atoms with Gasteiger partial charge >= 0.3 is 0 Å². The summed E-state index contributed by atoms with van der Waals surface area (Å²) in [6, 6.07) is 5.73. The molecule has 188 valence electrons. The molecule has 9 heteroatoms. The number of nitrogens with zero attached hydrogens (tertiary/aromatic N) is 3. The molecule has 1 aliphatic heterocycles. The Labute approximate surface area is 209 Å². The van der Waals surface area contributed by atoms with E-state index in [-0.39, 0.29) is 23.8 Å². The number of piperidine rings is 1. The molecule has 2 saturated carbocycles. The van der Waals surface area contributed by atoms with Gasteiger partial charge in [-0.15, -0.1) is 0 Å². The van der Waals surface area contributed by atoms with Crippen molar-refractivity contribution >= 4 is 22.8 Å². The van der Waals surface area contributed by atoms with E-state index in [1.54, 1.807) is 13.3 Å². The van der Waals surface area contributed by atoms with Gasteiger partial charge in [0.25, 0.3) is 5.91 Å². The van der Waals surface area contributed by atoms with Crippen molar-refractivity contribution in [1.82, 2.24) is 25.2 Å². The molecule has 2 aliphatic carbocycles. The van der Waals surface area contributed by atoms with Crippen LogP contribution in [0.4, 0.5) is 0 Å². The summed E-state index contributed by atoms with van der Waals surface area (Å²) in [5.74, 6) is 2.37. The van der Waals surface area contributed by atoms with Gasteiger partial charge in [0.2, 0.25) is 5.91 Å². The van der Waals surface area contributed by atoms with Crippen molar-refractivity contribution < 1.29 is 19.1 Å². The lowest BCUT2D eigenvalue weighted by Gasteiger charge is -2.32. The van der Waals surface area contributed by atoms with E-state index < -0.39 is 0 Å². The standard InChI is InChI=1S/C27H31N5O4/c1-35-19-6-7-20(22(12-19)36-14-16-2-3-16)23-25-24(30-15-29-23)21(13-28-25)26(33)31-18-8-10-32(11-9-18)27(34)17-4-5-17/h6-7,12-13,15-18,28H,2-5,8-11,14H2,1H3,(H,31,33). The molecular weight excluding hydrogens is 458 g/mol. The Kier molecular flexibility index (Phi) is 5.99. The minimum Gasteiger partial charge on any atom is -0.497 e. The molecule has 2 aromatic heterocycles. The average molecular weight is 490 g/mol. The zero-order valence-corrected chi connectivity index (χ0v) is 20.5. The first-order valence-electron chi connectivity index (χ1n) is 12.8. The van der Waals surface area contributed by atoms with Crippen molar-refractivity contribution in [1.29, 1.82) is 0 Å². The topological polar surface area (TPSA) is 109 Å². The first kappa shape index (κ1) is 22.8. The van der Waals surface area contributed by atoms with Gasteiger partial charge in [-0.25, -0.2) is 9.97 Å². The lowest BCUT2D eigenvalue weighted by atomic mass is 10.0. The Bertz CT molecular complexity index is 1290. The third kappa shape index (κ3) is 4.62. The molecule has 3 fully saturated rings. The SMILES string of the molecule is COc1ccc(-c2ncnc3c(C(=O)NC4CCN(C(=O)C5CC5)CC4)c[nH]c23)c(OCC2CC2)c1. The Morgan fingerprint density at radius 3 is 2.64 bits per heavy atom. The molecule has 9 nitrogen and oxygen atoms in total. The smallest absolute Gasteiger partial charge is 0.255 e. The van der Waals surface area contributed by atoms with Crippen LogP contribution in [0, 0.1) is 11.8 Å². The van der Waals surface area contributed by atoms with E-state index in [1.165, 1.54) is 19.2 Å². The fourth-order valence-corrected chi connectivity index (χ4v) is 4.85. The molecule has 3 aliphatic rings. The van der Waals surface area contributed by atoms with E-state index in [0.717, 1.165) is 31.2 Å². The number of aromatic amines is 1. The number of rotatable bonds is 8. The molecule has 0 bridgehead atoms. The molecule has 3 aromatic rings. The predicted molar refractivity (Wildman–Crippen MR) is 134 cm³/mol. The van der Waals surface area contributed by atoms with Gasteiger partial charge < -0.3 is 24.7 Å². The average Bonchev–Trinajstić information content (AvgIpc) is 3.84. The van der Waals surface area contributed by atoms with Crippen LogP contribution in [0.2, 0.25) is 0 Å². The lowest BCUT2D eigenvalue weighted by Crippen LogP contribution is -2.47. The summed E-state index contributed by atoms with van der Waals surface area (Å²) in [6.07, 6.45) is 9.14. The van der Waals surface area contributed by atoms with Crippen LogP contribution in [0.5, 0.6) is 11.5 Å². The number of nitrogens with one attached hydrogen (secondary N) is 2. The van der Waals surface area contributed by atoms with E-state index >= 15 is 0 Å². The van der Waals surface area contributed by atoms with Gasteiger partial charge in [-0.3, -0.25) is 9.59 Å². The second-order valence-electron chi connectivity index (χ2n) is 10.1. The second-order valence-corrected chi connectivity index (χ2v) is 10.1. The van der Waals surface area contributed by atoms with Crippen molar-refractivity contribution in [2.45, 2.75) is 44.6 Å². The molecule has 2 N–H and O–H groups in total. The van der Waals surface area contributed by atoms with Crippen molar-refractivity contribution in [3.63, 3.8) is 0 Å². The molecular formula is C27H31N5O4. The molecule has 6 rings (SSSR count). The van der Waals surface area contributed by atoms with Gasteiger partial charge in [-0.05, 0) is 56.6 Å². The first-order valence-corrected chi connectivity index (χ1v) is 12.8. The summed E-state index contributed by atoms with van der Waals surface area (Å²) in [4.78, 5) is 39.6. The van der Waals surface area contributed by atoms with Crippen molar-refractivity contribution in [2.24, 2.45) is 11.8 Å². The number of carbonyl (C=O) groups excluding carboxylic acids is 2. The monoisotopic (exact) mass is 489 g/mol. The summed E-state index contributed by atoms with van der Waals surface area (Å²) < 4.78 is 11.5. The van der Waals surface area contributed by atoms with Gasteiger partial charge in [0.15, 0.2) is 0 Å². The predicted octanol–water partition coefficient (Wildman–Crippen LogP) is 3.55. The molecule has 36 heavy (non-hydrogen) atoms. The Morgan fingerprint density at radius 2 is 1.92 bits per heavy atom. The fraction of sp³-hybridized carbons (Fsp3) is 0.481. The number of hydrogen-bond donors (Lipinski definition) is 2. The number of methoxy groups -OCH3 is 1. The number of carbonyl (C=O) groups is 2. The first-order chi connectivity index (χ1) is 17.6. The maximum atomic E-state index is 13.2. The minimum absolute atomic E-state index is 0.0380. The number of aromatic nitrogens is 3. The molecule has 3 heterocycles. The van der Waals surface area contributed by atoms with Crippen molar-refractivity contribution in [3.05, 3.63) is 36.3 Å². The van der Waals surface area contributed by atoms with Crippen LogP contribution in [0.25, 0.3) is 22.3 Å². The number of benzene rings is 1. The van der Waals surface area contributed by atoms with Crippen LogP contribution in [0.1, 0.15) is 48.9 Å². The number of likely N-dealkylation sites (tertiary alicyclic amines) is 1. The summed E-state index contributed by atoms with van der Waals surface area (Å²) in [5, 5.41) is 3.14. The van der Waals surface area contributed by atoms with Crippen LogP contribution in [-0.4, -0.2) is 64.5 Å². The third-order valence-electron chi connectivity index (χ3n) is 7.39. The molecule has 0 atom stereocenters. The zero-order valence-electron chi connectivity index (χ0n) is 20.5. The normalized spacial score (nSPS) is 18.3. The van der Waals surface area contributed by atoms with Crippen LogP contribution in [0.15, 0.2) is 30.7 Å². The van der Waals surface area contributed by atoms with E-state index in [2.05, 4.69) is 20.3 Å². The number of H-pyrrole nitrogens is 1.